The van der Waals surface area contributed by atoms with Crippen LogP contribution in [0, 0.1) is 17.1 Å². The first-order valence-corrected chi connectivity index (χ1v) is 13.7. The summed E-state index contributed by atoms with van der Waals surface area (Å²) in [6.45, 7) is 3.39. The number of rotatable bonds is 7. The minimum Gasteiger partial charge on any atom is -0.352 e. The molecule has 1 aliphatic carbocycles. The molecule has 3 heterocycles. The molecule has 2 aliphatic heterocycles. The standard InChI is InChI=1S/C27H28F4N6O2S/c28-21-14-17(5-6-19(21)23(38)33-9-4-12-35-10-1-2-11-35)37-25(40)36(24(39)26(37)7-3-8-26)18-13-20(27(29,30)31)22(15-32)34-16-18/h5-6,13-14,16,25,40H,1-4,7-12H2,(H,33,38). The van der Waals surface area contributed by atoms with E-state index in [2.05, 4.69) is 27.8 Å². The second kappa shape index (κ2) is 10.9. The smallest absolute Gasteiger partial charge is 0.352 e. The van der Waals surface area contributed by atoms with Gasteiger partial charge in [-0.2, -0.15) is 18.4 Å². The lowest BCUT2D eigenvalue weighted by Crippen LogP contribution is -2.55. The molecule has 212 valence electrons. The van der Waals surface area contributed by atoms with Gasteiger partial charge in [0, 0.05) is 12.2 Å². The Hall–Kier alpha value is -3.37. The van der Waals surface area contributed by atoms with Gasteiger partial charge in [0.25, 0.3) is 11.8 Å². The summed E-state index contributed by atoms with van der Waals surface area (Å²) in [6.07, 6.45) is 0.770. The molecule has 13 heteroatoms. The maximum Gasteiger partial charge on any atom is 0.419 e. The van der Waals surface area contributed by atoms with Crippen molar-refractivity contribution in [3.8, 4) is 6.07 Å². The van der Waals surface area contributed by atoms with Crippen LogP contribution < -0.4 is 15.1 Å². The highest BCUT2D eigenvalue weighted by Gasteiger charge is 2.60. The summed E-state index contributed by atoms with van der Waals surface area (Å²) in [4.78, 5) is 34.9. The van der Waals surface area contributed by atoms with Gasteiger partial charge in [0.15, 0.2) is 11.2 Å². The summed E-state index contributed by atoms with van der Waals surface area (Å²) in [6, 6.07) is 6.14. The Morgan fingerprint density at radius 1 is 1.18 bits per heavy atom. The third kappa shape index (κ3) is 4.99. The Bertz CT molecular complexity index is 1350. The molecule has 1 aromatic heterocycles. The van der Waals surface area contributed by atoms with Crippen LogP contribution in [0.3, 0.4) is 0 Å². The second-order valence-electron chi connectivity index (χ2n) is 10.3. The number of aromatic nitrogens is 1. The van der Waals surface area contributed by atoms with Crippen molar-refractivity contribution in [1.29, 1.82) is 5.26 Å². The summed E-state index contributed by atoms with van der Waals surface area (Å²) in [7, 11) is 0. The van der Waals surface area contributed by atoms with E-state index < -0.39 is 46.1 Å². The second-order valence-corrected chi connectivity index (χ2v) is 10.8. The maximum absolute atomic E-state index is 15.2. The van der Waals surface area contributed by atoms with Crippen LogP contribution in [-0.4, -0.2) is 58.9 Å². The van der Waals surface area contributed by atoms with E-state index in [1.54, 1.807) is 4.90 Å². The summed E-state index contributed by atoms with van der Waals surface area (Å²) < 4.78 is 56.0. The van der Waals surface area contributed by atoms with E-state index in [1.165, 1.54) is 31.0 Å². The van der Waals surface area contributed by atoms with Crippen molar-refractivity contribution in [1.82, 2.24) is 15.2 Å². The van der Waals surface area contributed by atoms with Gasteiger partial charge in [0.1, 0.15) is 17.4 Å². The quantitative estimate of drug-likeness (QED) is 0.290. The molecule has 3 aliphatic rings. The van der Waals surface area contributed by atoms with Crippen LogP contribution in [0.25, 0.3) is 0 Å². The molecule has 1 atom stereocenters. The maximum atomic E-state index is 15.2. The minimum absolute atomic E-state index is 0.142. The van der Waals surface area contributed by atoms with E-state index in [4.69, 9.17) is 5.26 Å². The normalized spacial score (nSPS) is 20.6. The number of nitrogens with zero attached hydrogens (tertiary/aromatic N) is 5. The van der Waals surface area contributed by atoms with Crippen molar-refractivity contribution in [3.05, 3.63) is 53.1 Å². The molecular weight excluding hydrogens is 548 g/mol. The number of benzene rings is 1. The van der Waals surface area contributed by atoms with E-state index in [1.807, 2.05) is 0 Å². The van der Waals surface area contributed by atoms with Gasteiger partial charge >= 0.3 is 6.18 Å². The van der Waals surface area contributed by atoms with Gasteiger partial charge in [0.05, 0.1) is 23.0 Å². The Morgan fingerprint density at radius 2 is 1.90 bits per heavy atom. The van der Waals surface area contributed by atoms with Gasteiger partial charge in [-0.1, -0.05) is 0 Å². The fourth-order valence-electron chi connectivity index (χ4n) is 5.70. The highest BCUT2D eigenvalue weighted by molar-refractivity contribution is 7.81. The van der Waals surface area contributed by atoms with Crippen LogP contribution in [0.5, 0.6) is 0 Å². The monoisotopic (exact) mass is 576 g/mol. The van der Waals surface area contributed by atoms with E-state index in [9.17, 15) is 22.8 Å². The zero-order valence-corrected chi connectivity index (χ0v) is 22.4. The Balaban J connectivity index is 1.37. The summed E-state index contributed by atoms with van der Waals surface area (Å²) in [5.74, 6) is -1.82. The molecule has 1 N–H and O–H groups in total. The molecule has 8 nitrogen and oxygen atoms in total. The van der Waals surface area contributed by atoms with Crippen molar-refractivity contribution in [2.75, 3.05) is 36.0 Å². The predicted molar refractivity (Wildman–Crippen MR) is 142 cm³/mol. The predicted octanol–water partition coefficient (Wildman–Crippen LogP) is 4.32. The largest absolute Gasteiger partial charge is 0.419 e. The number of nitrogens with one attached hydrogen (secondary N) is 1. The van der Waals surface area contributed by atoms with Gasteiger partial charge in [-0.25, -0.2) is 9.37 Å². The van der Waals surface area contributed by atoms with Crippen molar-refractivity contribution in [2.24, 2.45) is 0 Å². The van der Waals surface area contributed by atoms with E-state index in [-0.39, 0.29) is 16.9 Å². The number of pyridine rings is 1. The van der Waals surface area contributed by atoms with E-state index >= 15 is 4.39 Å². The molecule has 0 radical (unpaired) electrons. The molecular formula is C27H28F4N6O2S. The van der Waals surface area contributed by atoms with Crippen LogP contribution in [0.15, 0.2) is 30.5 Å². The first kappa shape index (κ1) is 28.2. The van der Waals surface area contributed by atoms with Crippen molar-refractivity contribution in [3.63, 3.8) is 0 Å². The molecule has 1 unspecified atom stereocenters. The fraction of sp³-hybridized carbons (Fsp3) is 0.481. The molecule has 0 bridgehead atoms. The minimum atomic E-state index is -4.86. The van der Waals surface area contributed by atoms with Crippen molar-refractivity contribution >= 4 is 35.8 Å². The third-order valence-corrected chi connectivity index (χ3v) is 8.36. The average Bonchev–Trinajstić information content (AvgIpc) is 3.49. The molecule has 2 aromatic rings. The zero-order chi connectivity index (χ0) is 28.7. The number of amides is 2. The lowest BCUT2D eigenvalue weighted by atomic mass is 9.75. The molecule has 2 amide bonds. The number of likely N-dealkylation sites (tertiary alicyclic amines) is 1. The average molecular weight is 577 g/mol. The number of nitriles is 1. The van der Waals surface area contributed by atoms with Crippen LogP contribution in [0.4, 0.5) is 28.9 Å². The lowest BCUT2D eigenvalue weighted by Gasteiger charge is -2.44. The van der Waals surface area contributed by atoms with Crippen LogP contribution in [0.1, 0.15) is 60.1 Å². The molecule has 1 spiro atoms. The topological polar surface area (TPSA) is 92.6 Å². The number of halogens is 4. The highest BCUT2D eigenvalue weighted by Crippen LogP contribution is 2.50. The Kier molecular flexibility index (Phi) is 7.67. The van der Waals surface area contributed by atoms with E-state index in [0.717, 1.165) is 43.2 Å². The number of hydrogen-bond donors (Lipinski definition) is 2. The summed E-state index contributed by atoms with van der Waals surface area (Å²) in [5.41, 5.74) is -4.30. The third-order valence-electron chi connectivity index (χ3n) is 7.89. The van der Waals surface area contributed by atoms with E-state index in [0.29, 0.717) is 31.9 Å². The molecule has 5 rings (SSSR count). The highest BCUT2D eigenvalue weighted by atomic mass is 32.1. The van der Waals surface area contributed by atoms with Crippen molar-refractivity contribution in [2.45, 2.75) is 55.7 Å². The SMILES string of the molecule is N#Cc1ncc(N2C(=O)C3(CCC3)N(c3ccc(C(=O)NCCCN4CCCC4)c(F)c3)C2S)cc1C(F)(F)F. The molecule has 1 saturated carbocycles. The van der Waals surface area contributed by atoms with Crippen LogP contribution in [-0.2, 0) is 11.0 Å². The Labute approximate surface area is 234 Å². The summed E-state index contributed by atoms with van der Waals surface area (Å²) >= 11 is 4.57. The molecule has 1 aromatic carbocycles. The van der Waals surface area contributed by atoms with Gasteiger partial charge in [-0.15, -0.1) is 12.6 Å². The molecule has 40 heavy (non-hydrogen) atoms. The molecule has 3 fully saturated rings. The Morgan fingerprint density at radius 3 is 2.50 bits per heavy atom. The van der Waals surface area contributed by atoms with Crippen LogP contribution in [0.2, 0.25) is 0 Å². The zero-order valence-electron chi connectivity index (χ0n) is 21.5. The number of carbonyl (C=O) groups is 2. The lowest BCUT2D eigenvalue weighted by molar-refractivity contribution is -0.138. The van der Waals surface area contributed by atoms with Gasteiger partial charge in [0.2, 0.25) is 0 Å². The number of hydrogen-bond acceptors (Lipinski definition) is 7. The number of carbonyl (C=O) groups excluding carboxylic acids is 2. The first-order valence-electron chi connectivity index (χ1n) is 13.2. The molecule has 2 saturated heterocycles. The number of thiol groups is 1. The van der Waals surface area contributed by atoms with Gasteiger partial charge < -0.3 is 15.1 Å². The van der Waals surface area contributed by atoms with Crippen molar-refractivity contribution < 1.29 is 27.2 Å². The summed E-state index contributed by atoms with van der Waals surface area (Å²) in [5, 5.41) is 11.8. The van der Waals surface area contributed by atoms with Crippen LogP contribution >= 0.6 is 12.6 Å². The number of alkyl halides is 3. The van der Waals surface area contributed by atoms with Gasteiger partial charge in [-0.05, 0) is 82.4 Å². The number of anilines is 2. The van der Waals surface area contributed by atoms with Gasteiger partial charge in [-0.3, -0.25) is 14.5 Å². The fourth-order valence-corrected chi connectivity index (χ4v) is 6.29. The first-order chi connectivity index (χ1) is 19.1.